The van der Waals surface area contributed by atoms with Gasteiger partial charge in [0.05, 0.1) is 0 Å². The first kappa shape index (κ1) is 7.06. The zero-order valence-corrected chi connectivity index (χ0v) is 6.41. The molecule has 1 aromatic rings. The lowest BCUT2D eigenvalue weighted by Gasteiger charge is -1.98. The first-order valence-corrected chi connectivity index (χ1v) is 3.46. The Balaban J connectivity index is 2.89. The molecular weight excluding hydrogens is 124 g/mol. The first-order chi connectivity index (χ1) is 4.70. The number of anilines is 1. The van der Waals surface area contributed by atoms with Gasteiger partial charge in [0.25, 0.3) is 0 Å². The van der Waals surface area contributed by atoms with Gasteiger partial charge in [-0.3, -0.25) is 0 Å². The van der Waals surface area contributed by atoms with Crippen LogP contribution in [0.4, 0.5) is 5.69 Å². The lowest BCUT2D eigenvalue weighted by molar-refractivity contribution is -0.716. The Morgan fingerprint density at radius 3 is 2.20 bits per heavy atom. The summed E-state index contributed by atoms with van der Waals surface area (Å²) in [5, 5.41) is 0. The van der Waals surface area contributed by atoms with Gasteiger partial charge in [0, 0.05) is 17.8 Å². The maximum atomic E-state index is 5.51. The second-order valence-corrected chi connectivity index (χ2v) is 2.67. The molecule has 2 N–H and O–H groups in total. The van der Waals surface area contributed by atoms with Gasteiger partial charge in [0.15, 0.2) is 18.4 Å². The van der Waals surface area contributed by atoms with E-state index in [1.54, 1.807) is 0 Å². The number of hydrogen-bond donors (Lipinski definition) is 1. The van der Waals surface area contributed by atoms with Gasteiger partial charge in [-0.25, -0.2) is 4.57 Å². The van der Waals surface area contributed by atoms with Crippen LogP contribution in [0.3, 0.4) is 0 Å². The molecule has 0 fully saturated rings. The van der Waals surface area contributed by atoms with Crippen LogP contribution in [0.1, 0.15) is 19.9 Å². The van der Waals surface area contributed by atoms with Crippen molar-refractivity contribution in [2.24, 2.45) is 0 Å². The third-order valence-electron chi connectivity index (χ3n) is 1.47. The molecule has 0 atom stereocenters. The lowest BCUT2D eigenvalue weighted by Crippen LogP contribution is -2.34. The van der Waals surface area contributed by atoms with E-state index in [2.05, 4.69) is 18.4 Å². The van der Waals surface area contributed by atoms with Gasteiger partial charge >= 0.3 is 0 Å². The summed E-state index contributed by atoms with van der Waals surface area (Å²) in [4.78, 5) is 0. The molecule has 0 aromatic carbocycles. The highest BCUT2D eigenvalue weighted by Crippen LogP contribution is 1.96. The van der Waals surface area contributed by atoms with E-state index < -0.39 is 0 Å². The molecule has 2 nitrogen and oxygen atoms in total. The average Bonchev–Trinajstić information content (AvgIpc) is 1.88. The summed E-state index contributed by atoms with van der Waals surface area (Å²) < 4.78 is 2.11. The van der Waals surface area contributed by atoms with E-state index in [9.17, 15) is 0 Å². The Kier molecular flexibility index (Phi) is 1.90. The molecule has 0 aliphatic heterocycles. The second-order valence-electron chi connectivity index (χ2n) is 2.67. The molecule has 2 heteroatoms. The maximum Gasteiger partial charge on any atom is 0.171 e. The highest BCUT2D eigenvalue weighted by atomic mass is 15.0. The van der Waals surface area contributed by atoms with Gasteiger partial charge in [0.2, 0.25) is 0 Å². The summed E-state index contributed by atoms with van der Waals surface area (Å²) in [6.45, 7) is 4.27. The van der Waals surface area contributed by atoms with Gasteiger partial charge in [0.1, 0.15) is 0 Å². The molecule has 1 rings (SSSR count). The Labute approximate surface area is 61.3 Å². The monoisotopic (exact) mass is 137 g/mol. The molecule has 0 aliphatic carbocycles. The Hall–Kier alpha value is -1.05. The Morgan fingerprint density at radius 1 is 1.30 bits per heavy atom. The van der Waals surface area contributed by atoms with Crippen molar-refractivity contribution in [3.63, 3.8) is 0 Å². The molecule has 0 radical (unpaired) electrons. The molecule has 1 heterocycles. The van der Waals surface area contributed by atoms with Gasteiger partial charge in [-0.1, -0.05) is 0 Å². The van der Waals surface area contributed by atoms with Gasteiger partial charge in [-0.15, -0.1) is 0 Å². The number of nitrogen functional groups attached to an aromatic ring is 1. The van der Waals surface area contributed by atoms with Crippen molar-refractivity contribution in [3.05, 3.63) is 24.5 Å². The number of hydrogen-bond acceptors (Lipinski definition) is 1. The van der Waals surface area contributed by atoms with Crippen molar-refractivity contribution in [2.45, 2.75) is 19.9 Å². The molecule has 0 unspecified atom stereocenters. The van der Waals surface area contributed by atoms with E-state index in [0.717, 1.165) is 5.69 Å². The van der Waals surface area contributed by atoms with Crippen molar-refractivity contribution in [2.75, 3.05) is 5.73 Å². The van der Waals surface area contributed by atoms with E-state index in [4.69, 9.17) is 5.73 Å². The molecule has 0 saturated heterocycles. The van der Waals surface area contributed by atoms with Crippen LogP contribution < -0.4 is 10.3 Å². The van der Waals surface area contributed by atoms with Crippen LogP contribution in [0.5, 0.6) is 0 Å². The first-order valence-electron chi connectivity index (χ1n) is 3.46. The SMILES string of the molecule is CC(C)[n+]1ccc(N)cc1. The standard InChI is InChI=1S/C8H12N2/c1-7(2)10-5-3-8(9)4-6-10/h3-7,9H,1-2H3/p+1. The summed E-state index contributed by atoms with van der Waals surface area (Å²) in [7, 11) is 0. The van der Waals surface area contributed by atoms with Crippen molar-refractivity contribution in [3.8, 4) is 0 Å². The fraction of sp³-hybridized carbons (Fsp3) is 0.375. The normalized spacial score (nSPS) is 10.3. The highest BCUT2D eigenvalue weighted by Gasteiger charge is 2.02. The Morgan fingerprint density at radius 2 is 1.80 bits per heavy atom. The second kappa shape index (κ2) is 2.69. The molecule has 10 heavy (non-hydrogen) atoms. The zero-order valence-electron chi connectivity index (χ0n) is 6.41. The molecular formula is C8H13N2+. The van der Waals surface area contributed by atoms with Crippen LogP contribution in [0, 0.1) is 0 Å². The number of rotatable bonds is 1. The maximum absolute atomic E-state index is 5.51. The Bertz CT molecular complexity index is 201. The molecule has 0 amide bonds. The van der Waals surface area contributed by atoms with Gasteiger partial charge < -0.3 is 5.73 Å². The lowest BCUT2D eigenvalue weighted by atomic mass is 10.3. The predicted octanol–water partition coefficient (Wildman–Crippen LogP) is 1.14. The summed E-state index contributed by atoms with van der Waals surface area (Å²) in [5.74, 6) is 0. The predicted molar refractivity (Wildman–Crippen MR) is 41.4 cm³/mol. The quantitative estimate of drug-likeness (QED) is 0.578. The van der Waals surface area contributed by atoms with E-state index in [1.807, 2.05) is 24.5 Å². The van der Waals surface area contributed by atoms with Gasteiger partial charge in [-0.05, 0) is 13.8 Å². The minimum absolute atomic E-state index is 0.514. The fourth-order valence-corrected chi connectivity index (χ4v) is 0.794. The average molecular weight is 137 g/mol. The minimum atomic E-state index is 0.514. The third-order valence-corrected chi connectivity index (χ3v) is 1.47. The largest absolute Gasteiger partial charge is 0.398 e. The number of nitrogens with two attached hydrogens (primary N) is 1. The van der Waals surface area contributed by atoms with Crippen molar-refractivity contribution in [1.29, 1.82) is 0 Å². The van der Waals surface area contributed by atoms with Gasteiger partial charge in [-0.2, -0.15) is 0 Å². The van der Waals surface area contributed by atoms with Crippen LogP contribution in [-0.2, 0) is 0 Å². The summed E-state index contributed by atoms with van der Waals surface area (Å²) in [5.41, 5.74) is 6.33. The van der Waals surface area contributed by atoms with E-state index in [-0.39, 0.29) is 0 Å². The number of pyridine rings is 1. The molecule has 0 aliphatic rings. The van der Waals surface area contributed by atoms with Crippen LogP contribution in [-0.4, -0.2) is 0 Å². The van der Waals surface area contributed by atoms with Crippen LogP contribution >= 0.6 is 0 Å². The number of nitrogens with zero attached hydrogens (tertiary/aromatic N) is 1. The molecule has 0 spiro atoms. The van der Waals surface area contributed by atoms with E-state index in [0.29, 0.717) is 6.04 Å². The molecule has 1 aromatic heterocycles. The van der Waals surface area contributed by atoms with E-state index in [1.165, 1.54) is 0 Å². The topological polar surface area (TPSA) is 29.9 Å². The summed E-state index contributed by atoms with van der Waals surface area (Å²) in [6.07, 6.45) is 3.97. The molecule has 0 bridgehead atoms. The summed E-state index contributed by atoms with van der Waals surface area (Å²) in [6, 6.07) is 4.32. The number of aromatic nitrogens is 1. The van der Waals surface area contributed by atoms with Crippen molar-refractivity contribution in [1.82, 2.24) is 0 Å². The van der Waals surface area contributed by atoms with E-state index >= 15 is 0 Å². The minimum Gasteiger partial charge on any atom is -0.398 e. The highest BCUT2D eigenvalue weighted by molar-refractivity contribution is 5.32. The molecule has 54 valence electrons. The zero-order chi connectivity index (χ0) is 7.56. The smallest absolute Gasteiger partial charge is 0.171 e. The fourth-order valence-electron chi connectivity index (χ4n) is 0.794. The van der Waals surface area contributed by atoms with Crippen LogP contribution in [0.2, 0.25) is 0 Å². The van der Waals surface area contributed by atoms with Crippen molar-refractivity contribution >= 4 is 5.69 Å². The third kappa shape index (κ3) is 1.47. The molecule has 0 saturated carbocycles. The van der Waals surface area contributed by atoms with Crippen LogP contribution in [0.25, 0.3) is 0 Å². The summed E-state index contributed by atoms with van der Waals surface area (Å²) >= 11 is 0. The van der Waals surface area contributed by atoms with Crippen molar-refractivity contribution < 1.29 is 4.57 Å². The van der Waals surface area contributed by atoms with Crippen LogP contribution in [0.15, 0.2) is 24.5 Å².